The van der Waals surface area contributed by atoms with Gasteiger partial charge in [-0.25, -0.2) is 4.39 Å². The number of halogens is 1. The molecular weight excluding hydrogens is 263 g/mol. The first kappa shape index (κ1) is 16.5. The van der Waals surface area contributed by atoms with Crippen molar-refractivity contribution in [2.24, 2.45) is 17.8 Å². The molecule has 0 radical (unpaired) electrons. The highest BCUT2D eigenvalue weighted by Gasteiger charge is 2.39. The minimum Gasteiger partial charge on any atom is -0.378 e. The van der Waals surface area contributed by atoms with E-state index in [9.17, 15) is 4.39 Å². The van der Waals surface area contributed by atoms with Gasteiger partial charge in [-0.3, -0.25) is 0 Å². The highest BCUT2D eigenvalue weighted by atomic mass is 19.1. The third-order valence-corrected chi connectivity index (χ3v) is 5.54. The monoisotopic (exact) mass is 292 g/mol. The number of hydrogen-bond donors (Lipinski definition) is 0. The van der Waals surface area contributed by atoms with Crippen LogP contribution in [0.4, 0.5) is 4.39 Å². The smallest absolute Gasteiger partial charge is 0.126 e. The van der Waals surface area contributed by atoms with Crippen LogP contribution >= 0.6 is 0 Å². The molecule has 0 heterocycles. The number of hydrogen-bond acceptors (Lipinski definition) is 1. The summed E-state index contributed by atoms with van der Waals surface area (Å²) in [5.74, 6) is 1.97. The number of benzene rings is 1. The van der Waals surface area contributed by atoms with Crippen molar-refractivity contribution in [1.82, 2.24) is 0 Å². The molecule has 0 spiro atoms. The zero-order valence-corrected chi connectivity index (χ0v) is 13.9. The molecule has 1 aliphatic rings. The molecule has 3 atom stereocenters. The lowest BCUT2D eigenvalue weighted by molar-refractivity contribution is -0.0646. The second kappa shape index (κ2) is 6.91. The Morgan fingerprint density at radius 1 is 1.29 bits per heavy atom. The van der Waals surface area contributed by atoms with Crippen molar-refractivity contribution < 1.29 is 9.13 Å². The van der Waals surface area contributed by atoms with Gasteiger partial charge in [0.25, 0.3) is 0 Å². The normalized spacial score (nSPS) is 27.8. The molecule has 1 fully saturated rings. The van der Waals surface area contributed by atoms with Crippen LogP contribution in [-0.4, -0.2) is 12.7 Å². The summed E-state index contributed by atoms with van der Waals surface area (Å²) in [7, 11) is 1.79. The molecule has 1 nitrogen and oxygen atoms in total. The van der Waals surface area contributed by atoms with Crippen molar-refractivity contribution >= 4 is 0 Å². The SMILES string of the molecule is COC1(Cc2ccccc2F)CCCC(C(C)C(C)C)C1. The summed E-state index contributed by atoms with van der Waals surface area (Å²) < 4.78 is 19.9. The van der Waals surface area contributed by atoms with Gasteiger partial charge in [0, 0.05) is 13.5 Å². The molecule has 1 aliphatic carbocycles. The zero-order valence-electron chi connectivity index (χ0n) is 13.9. The Bertz CT molecular complexity index is 457. The average molecular weight is 292 g/mol. The van der Waals surface area contributed by atoms with Crippen molar-refractivity contribution in [2.45, 2.75) is 58.5 Å². The van der Waals surface area contributed by atoms with E-state index < -0.39 is 0 Å². The Hall–Kier alpha value is -0.890. The maximum atomic E-state index is 14.0. The molecule has 2 rings (SSSR count). The fourth-order valence-corrected chi connectivity index (χ4v) is 3.77. The minimum atomic E-state index is -0.186. The largest absolute Gasteiger partial charge is 0.378 e. The molecule has 0 saturated heterocycles. The first-order valence-corrected chi connectivity index (χ1v) is 8.26. The van der Waals surface area contributed by atoms with Crippen LogP contribution in [0.2, 0.25) is 0 Å². The van der Waals surface area contributed by atoms with Crippen LogP contribution in [0.3, 0.4) is 0 Å². The van der Waals surface area contributed by atoms with E-state index >= 15 is 0 Å². The lowest BCUT2D eigenvalue weighted by Gasteiger charge is -2.43. The molecule has 0 aromatic heterocycles. The Kier molecular flexibility index (Phi) is 5.43. The quantitative estimate of drug-likeness (QED) is 0.721. The van der Waals surface area contributed by atoms with Crippen LogP contribution < -0.4 is 0 Å². The molecule has 0 N–H and O–H groups in total. The highest BCUT2D eigenvalue weighted by Crippen LogP contribution is 2.42. The Labute approximate surface area is 128 Å². The minimum absolute atomic E-state index is 0.104. The standard InChI is InChI=1S/C19H29FO/c1-14(2)15(3)16-9-7-11-19(12-16,21-4)13-17-8-5-6-10-18(17)20/h5-6,8,10,14-16H,7,9,11-13H2,1-4H3. The van der Waals surface area contributed by atoms with E-state index in [1.165, 1.54) is 12.8 Å². The van der Waals surface area contributed by atoms with Gasteiger partial charge in [0.1, 0.15) is 5.82 Å². The number of methoxy groups -OCH3 is 1. The summed E-state index contributed by atoms with van der Waals surface area (Å²) >= 11 is 0. The fraction of sp³-hybridized carbons (Fsp3) is 0.684. The Morgan fingerprint density at radius 2 is 2.00 bits per heavy atom. The lowest BCUT2D eigenvalue weighted by atomic mass is 9.68. The average Bonchev–Trinajstić information content (AvgIpc) is 2.49. The second-order valence-corrected chi connectivity index (χ2v) is 7.11. The van der Waals surface area contributed by atoms with E-state index in [0.29, 0.717) is 24.2 Å². The van der Waals surface area contributed by atoms with Crippen LogP contribution in [0.25, 0.3) is 0 Å². The molecule has 118 valence electrons. The Morgan fingerprint density at radius 3 is 2.62 bits per heavy atom. The maximum Gasteiger partial charge on any atom is 0.126 e. The van der Waals surface area contributed by atoms with Crippen LogP contribution in [0.5, 0.6) is 0 Å². The molecule has 1 aromatic carbocycles. The van der Waals surface area contributed by atoms with Crippen LogP contribution in [0, 0.1) is 23.6 Å². The summed E-state index contributed by atoms with van der Waals surface area (Å²) in [6.07, 6.45) is 5.25. The summed E-state index contributed by atoms with van der Waals surface area (Å²) in [4.78, 5) is 0. The molecule has 21 heavy (non-hydrogen) atoms. The third-order valence-electron chi connectivity index (χ3n) is 5.54. The van der Waals surface area contributed by atoms with E-state index in [1.54, 1.807) is 19.2 Å². The second-order valence-electron chi connectivity index (χ2n) is 7.11. The predicted octanol–water partition coefficient (Wildman–Crippen LogP) is 5.24. The van der Waals surface area contributed by atoms with Crippen molar-refractivity contribution in [2.75, 3.05) is 7.11 Å². The van der Waals surface area contributed by atoms with Crippen molar-refractivity contribution in [3.8, 4) is 0 Å². The zero-order chi connectivity index (χ0) is 15.5. The maximum absolute atomic E-state index is 14.0. The highest BCUT2D eigenvalue weighted by molar-refractivity contribution is 5.20. The summed E-state index contributed by atoms with van der Waals surface area (Å²) in [5, 5.41) is 0. The Balaban J connectivity index is 2.15. The van der Waals surface area contributed by atoms with E-state index in [4.69, 9.17) is 4.74 Å². The van der Waals surface area contributed by atoms with Gasteiger partial charge in [0.2, 0.25) is 0 Å². The van der Waals surface area contributed by atoms with Crippen molar-refractivity contribution in [1.29, 1.82) is 0 Å². The molecule has 0 aliphatic heterocycles. The van der Waals surface area contributed by atoms with Gasteiger partial charge in [0.15, 0.2) is 0 Å². The predicted molar refractivity (Wildman–Crippen MR) is 85.8 cm³/mol. The van der Waals surface area contributed by atoms with Gasteiger partial charge < -0.3 is 4.74 Å². The molecular formula is C19H29FO. The van der Waals surface area contributed by atoms with Gasteiger partial charge in [-0.1, -0.05) is 45.4 Å². The topological polar surface area (TPSA) is 9.23 Å². The van der Waals surface area contributed by atoms with Crippen LogP contribution in [-0.2, 0) is 11.2 Å². The third kappa shape index (κ3) is 3.85. The van der Waals surface area contributed by atoms with Crippen LogP contribution in [0.15, 0.2) is 24.3 Å². The number of rotatable bonds is 5. The first-order valence-electron chi connectivity index (χ1n) is 8.26. The fourth-order valence-electron chi connectivity index (χ4n) is 3.77. The lowest BCUT2D eigenvalue weighted by Crippen LogP contribution is -2.41. The first-order chi connectivity index (χ1) is 9.97. The van der Waals surface area contributed by atoms with E-state index in [1.807, 2.05) is 12.1 Å². The van der Waals surface area contributed by atoms with Gasteiger partial charge in [-0.15, -0.1) is 0 Å². The molecule has 2 heteroatoms. The molecule has 1 saturated carbocycles. The van der Waals surface area contributed by atoms with Gasteiger partial charge in [0.05, 0.1) is 5.60 Å². The van der Waals surface area contributed by atoms with E-state index in [0.717, 1.165) is 18.4 Å². The van der Waals surface area contributed by atoms with Crippen molar-refractivity contribution in [3.63, 3.8) is 0 Å². The molecule has 0 amide bonds. The van der Waals surface area contributed by atoms with Crippen molar-refractivity contribution in [3.05, 3.63) is 35.6 Å². The molecule has 1 aromatic rings. The van der Waals surface area contributed by atoms with E-state index in [2.05, 4.69) is 20.8 Å². The summed E-state index contributed by atoms with van der Waals surface area (Å²) in [5.41, 5.74) is 0.603. The van der Waals surface area contributed by atoms with Crippen LogP contribution in [0.1, 0.15) is 52.0 Å². The van der Waals surface area contributed by atoms with E-state index in [-0.39, 0.29) is 11.4 Å². The van der Waals surface area contributed by atoms with Gasteiger partial charge in [-0.2, -0.15) is 0 Å². The summed E-state index contributed by atoms with van der Waals surface area (Å²) in [6.45, 7) is 6.94. The van der Waals surface area contributed by atoms with Gasteiger partial charge >= 0.3 is 0 Å². The molecule has 0 bridgehead atoms. The van der Waals surface area contributed by atoms with Gasteiger partial charge in [-0.05, 0) is 48.6 Å². The molecule has 3 unspecified atom stereocenters. The summed E-state index contributed by atoms with van der Waals surface area (Å²) in [6, 6.07) is 7.11. The number of ether oxygens (including phenoxy) is 1.